The number of carbonyl (C=O) groups is 1. The summed E-state index contributed by atoms with van der Waals surface area (Å²) in [5, 5.41) is 3.22. The van der Waals surface area contributed by atoms with Crippen molar-refractivity contribution in [1.29, 1.82) is 0 Å². The van der Waals surface area contributed by atoms with E-state index in [1.807, 2.05) is 24.0 Å². The third kappa shape index (κ3) is 3.46. The maximum Gasteiger partial charge on any atom is 0.272 e. The number of nitrogens with zero attached hydrogens (tertiary/aromatic N) is 2. The van der Waals surface area contributed by atoms with Crippen molar-refractivity contribution >= 4 is 11.6 Å². The zero-order valence-corrected chi connectivity index (χ0v) is 11.9. The Kier molecular flexibility index (Phi) is 4.77. The summed E-state index contributed by atoms with van der Waals surface area (Å²) in [4.78, 5) is 18.8. The first-order valence-electron chi connectivity index (χ1n) is 7.23. The average Bonchev–Trinajstić information content (AvgIpc) is 2.63. The lowest BCUT2D eigenvalue weighted by atomic mass is 10.1. The van der Waals surface area contributed by atoms with Crippen LogP contribution < -0.4 is 5.32 Å². The molecule has 1 unspecified atom stereocenters. The molecule has 4 heteroatoms. The zero-order chi connectivity index (χ0) is 13.7. The predicted octanol–water partition coefficient (Wildman–Crippen LogP) is 2.92. The van der Waals surface area contributed by atoms with Gasteiger partial charge in [0.05, 0.1) is 0 Å². The van der Waals surface area contributed by atoms with E-state index < -0.39 is 0 Å². The highest BCUT2D eigenvalue weighted by Crippen LogP contribution is 2.19. The van der Waals surface area contributed by atoms with Crippen molar-refractivity contribution in [2.45, 2.75) is 45.6 Å². The molecule has 0 aromatic carbocycles. The number of rotatable bonds is 3. The number of hydrogen-bond acceptors (Lipinski definition) is 3. The predicted molar refractivity (Wildman–Crippen MR) is 77.4 cm³/mol. The van der Waals surface area contributed by atoms with Crippen LogP contribution in [0.5, 0.6) is 0 Å². The van der Waals surface area contributed by atoms with E-state index >= 15 is 0 Å². The SMILES string of the molecule is CCNc1ccnc(C(=O)N2CCCCCC2C)c1. The highest BCUT2D eigenvalue weighted by atomic mass is 16.2. The van der Waals surface area contributed by atoms with Gasteiger partial charge in [-0.2, -0.15) is 0 Å². The fraction of sp³-hybridized carbons (Fsp3) is 0.600. The van der Waals surface area contributed by atoms with Crippen molar-refractivity contribution in [3.63, 3.8) is 0 Å². The van der Waals surface area contributed by atoms with Crippen molar-refractivity contribution in [1.82, 2.24) is 9.88 Å². The number of likely N-dealkylation sites (tertiary alicyclic amines) is 1. The largest absolute Gasteiger partial charge is 0.385 e. The van der Waals surface area contributed by atoms with E-state index in [1.54, 1.807) is 6.20 Å². The van der Waals surface area contributed by atoms with E-state index in [2.05, 4.69) is 17.2 Å². The van der Waals surface area contributed by atoms with Gasteiger partial charge in [0, 0.05) is 31.0 Å². The molecule has 4 nitrogen and oxygen atoms in total. The molecular weight excluding hydrogens is 238 g/mol. The van der Waals surface area contributed by atoms with E-state index in [0.29, 0.717) is 11.7 Å². The van der Waals surface area contributed by atoms with Gasteiger partial charge in [0.25, 0.3) is 5.91 Å². The first-order valence-corrected chi connectivity index (χ1v) is 7.23. The molecule has 1 saturated heterocycles. The number of hydrogen-bond donors (Lipinski definition) is 1. The van der Waals surface area contributed by atoms with Gasteiger partial charge in [-0.15, -0.1) is 0 Å². The van der Waals surface area contributed by atoms with Crippen LogP contribution in [-0.4, -0.2) is 34.9 Å². The second-order valence-electron chi connectivity index (χ2n) is 5.16. The quantitative estimate of drug-likeness (QED) is 0.910. The van der Waals surface area contributed by atoms with E-state index in [9.17, 15) is 4.79 Å². The molecule has 0 radical (unpaired) electrons. The summed E-state index contributed by atoms with van der Waals surface area (Å²) in [5.41, 5.74) is 1.51. The normalized spacial score (nSPS) is 19.9. The van der Waals surface area contributed by atoms with Gasteiger partial charge in [0.1, 0.15) is 5.69 Å². The van der Waals surface area contributed by atoms with Gasteiger partial charge in [-0.3, -0.25) is 9.78 Å². The Morgan fingerprint density at radius 3 is 3.11 bits per heavy atom. The first kappa shape index (κ1) is 13.8. The van der Waals surface area contributed by atoms with Crippen molar-refractivity contribution in [3.05, 3.63) is 24.0 Å². The summed E-state index contributed by atoms with van der Waals surface area (Å²) in [7, 11) is 0. The van der Waals surface area contributed by atoms with Crippen LogP contribution in [0, 0.1) is 0 Å². The summed E-state index contributed by atoms with van der Waals surface area (Å²) in [6.45, 7) is 5.88. The van der Waals surface area contributed by atoms with Crippen LogP contribution in [0.1, 0.15) is 50.0 Å². The topological polar surface area (TPSA) is 45.2 Å². The summed E-state index contributed by atoms with van der Waals surface area (Å²) < 4.78 is 0. The molecule has 1 aromatic rings. The van der Waals surface area contributed by atoms with Crippen molar-refractivity contribution in [3.8, 4) is 0 Å². The molecule has 0 bridgehead atoms. The standard InChI is InChI=1S/C15H23N3O/c1-3-16-13-8-9-17-14(11-13)15(19)18-10-6-4-5-7-12(18)2/h8-9,11-12H,3-7,10H2,1-2H3,(H,16,17). The molecular formula is C15H23N3O. The molecule has 0 spiro atoms. The molecule has 0 saturated carbocycles. The number of pyridine rings is 1. The Morgan fingerprint density at radius 1 is 1.47 bits per heavy atom. The van der Waals surface area contributed by atoms with Crippen LogP contribution in [0.25, 0.3) is 0 Å². The molecule has 1 fully saturated rings. The molecule has 19 heavy (non-hydrogen) atoms. The fourth-order valence-electron chi connectivity index (χ4n) is 2.59. The maximum atomic E-state index is 12.6. The third-order valence-electron chi connectivity index (χ3n) is 3.67. The van der Waals surface area contributed by atoms with Gasteiger partial charge in [-0.1, -0.05) is 12.8 Å². The molecule has 1 aromatic heterocycles. The Balaban J connectivity index is 2.15. The molecule has 1 aliphatic heterocycles. The first-order chi connectivity index (χ1) is 9.22. The number of aromatic nitrogens is 1. The molecule has 1 amide bonds. The van der Waals surface area contributed by atoms with Gasteiger partial charge in [-0.05, 0) is 38.8 Å². The molecule has 104 valence electrons. The van der Waals surface area contributed by atoms with E-state index in [0.717, 1.165) is 31.6 Å². The Labute approximate surface area is 115 Å². The smallest absolute Gasteiger partial charge is 0.272 e. The highest BCUT2D eigenvalue weighted by Gasteiger charge is 2.23. The monoisotopic (exact) mass is 261 g/mol. The van der Waals surface area contributed by atoms with E-state index in [1.165, 1.54) is 12.8 Å². The van der Waals surface area contributed by atoms with Gasteiger partial charge in [0.2, 0.25) is 0 Å². The molecule has 2 rings (SSSR count). The lowest BCUT2D eigenvalue weighted by molar-refractivity contribution is 0.0692. The minimum absolute atomic E-state index is 0.0640. The van der Waals surface area contributed by atoms with Crippen molar-refractivity contribution < 1.29 is 4.79 Å². The summed E-state index contributed by atoms with van der Waals surface area (Å²) in [6, 6.07) is 4.06. The fourth-order valence-corrected chi connectivity index (χ4v) is 2.59. The number of amides is 1. The van der Waals surface area contributed by atoms with E-state index in [4.69, 9.17) is 0 Å². The Bertz CT molecular complexity index is 433. The summed E-state index contributed by atoms with van der Waals surface area (Å²) in [5.74, 6) is 0.0640. The van der Waals surface area contributed by atoms with Gasteiger partial charge < -0.3 is 10.2 Å². The van der Waals surface area contributed by atoms with E-state index in [-0.39, 0.29) is 5.91 Å². The van der Waals surface area contributed by atoms with Crippen LogP contribution in [0.4, 0.5) is 5.69 Å². The summed E-state index contributed by atoms with van der Waals surface area (Å²) in [6.07, 6.45) is 6.34. The number of anilines is 1. The number of carbonyl (C=O) groups excluding carboxylic acids is 1. The van der Waals surface area contributed by atoms with Gasteiger partial charge in [0.15, 0.2) is 0 Å². The van der Waals surface area contributed by atoms with Gasteiger partial charge >= 0.3 is 0 Å². The highest BCUT2D eigenvalue weighted by molar-refractivity contribution is 5.93. The minimum Gasteiger partial charge on any atom is -0.385 e. The summed E-state index contributed by atoms with van der Waals surface area (Å²) >= 11 is 0. The Morgan fingerprint density at radius 2 is 2.32 bits per heavy atom. The van der Waals surface area contributed by atoms with Crippen LogP contribution in [-0.2, 0) is 0 Å². The maximum absolute atomic E-state index is 12.6. The minimum atomic E-state index is 0.0640. The second-order valence-corrected chi connectivity index (χ2v) is 5.16. The molecule has 1 aliphatic rings. The molecule has 1 N–H and O–H groups in total. The van der Waals surface area contributed by atoms with Crippen LogP contribution >= 0.6 is 0 Å². The van der Waals surface area contributed by atoms with Crippen molar-refractivity contribution in [2.75, 3.05) is 18.4 Å². The van der Waals surface area contributed by atoms with Crippen molar-refractivity contribution in [2.24, 2.45) is 0 Å². The number of nitrogens with one attached hydrogen (secondary N) is 1. The molecule has 0 aliphatic carbocycles. The lowest BCUT2D eigenvalue weighted by Gasteiger charge is -2.26. The third-order valence-corrected chi connectivity index (χ3v) is 3.67. The van der Waals surface area contributed by atoms with Crippen LogP contribution in [0.3, 0.4) is 0 Å². The second kappa shape index (κ2) is 6.55. The lowest BCUT2D eigenvalue weighted by Crippen LogP contribution is -2.38. The molecule has 2 heterocycles. The van der Waals surface area contributed by atoms with Crippen LogP contribution in [0.15, 0.2) is 18.3 Å². The molecule has 1 atom stereocenters. The van der Waals surface area contributed by atoms with Crippen LogP contribution in [0.2, 0.25) is 0 Å². The zero-order valence-electron chi connectivity index (χ0n) is 11.9. The average molecular weight is 261 g/mol. The Hall–Kier alpha value is -1.58. The van der Waals surface area contributed by atoms with Gasteiger partial charge in [-0.25, -0.2) is 0 Å².